The van der Waals surface area contributed by atoms with Crippen LogP contribution in [0.2, 0.25) is 0 Å². The van der Waals surface area contributed by atoms with Crippen LogP contribution in [0.1, 0.15) is 12.0 Å². The van der Waals surface area contributed by atoms with Crippen molar-refractivity contribution in [1.82, 2.24) is 9.59 Å². The minimum atomic E-state index is -0.521. The molecule has 1 unspecified atom stereocenters. The van der Waals surface area contributed by atoms with Crippen LogP contribution in [-0.2, 0) is 11.2 Å². The number of anilines is 1. The van der Waals surface area contributed by atoms with E-state index in [1.165, 1.54) is 11.8 Å². The Morgan fingerprint density at radius 2 is 2.17 bits per heavy atom. The van der Waals surface area contributed by atoms with Gasteiger partial charge in [0.2, 0.25) is 5.91 Å². The molecule has 1 heterocycles. The lowest BCUT2D eigenvalue weighted by molar-refractivity contribution is -0.117. The SMILES string of the molecule is NC(CCc1ccccc1)C(=O)Nc1cnns1. The molecule has 18 heavy (non-hydrogen) atoms. The summed E-state index contributed by atoms with van der Waals surface area (Å²) in [6, 6.07) is 9.45. The summed E-state index contributed by atoms with van der Waals surface area (Å²) in [5.74, 6) is -0.197. The van der Waals surface area contributed by atoms with Crippen LogP contribution in [0.3, 0.4) is 0 Å². The average molecular weight is 262 g/mol. The zero-order valence-electron chi connectivity index (χ0n) is 9.74. The van der Waals surface area contributed by atoms with Crippen molar-refractivity contribution in [2.75, 3.05) is 5.32 Å². The summed E-state index contributed by atoms with van der Waals surface area (Å²) in [6.45, 7) is 0. The Kier molecular flexibility index (Phi) is 4.38. The Bertz CT molecular complexity index is 486. The van der Waals surface area contributed by atoms with E-state index >= 15 is 0 Å². The minimum Gasteiger partial charge on any atom is -0.320 e. The summed E-state index contributed by atoms with van der Waals surface area (Å²) in [7, 11) is 0. The number of rotatable bonds is 5. The van der Waals surface area contributed by atoms with Crippen LogP contribution in [0.25, 0.3) is 0 Å². The van der Waals surface area contributed by atoms with Gasteiger partial charge in [-0.1, -0.05) is 34.8 Å². The molecule has 6 heteroatoms. The third kappa shape index (κ3) is 3.61. The van der Waals surface area contributed by atoms with Gasteiger partial charge >= 0.3 is 0 Å². The van der Waals surface area contributed by atoms with Gasteiger partial charge in [-0.2, -0.15) is 0 Å². The van der Waals surface area contributed by atoms with E-state index in [1.54, 1.807) is 0 Å². The lowest BCUT2D eigenvalue weighted by Crippen LogP contribution is -2.35. The molecular formula is C12H14N4OS. The second-order valence-corrected chi connectivity index (χ2v) is 4.69. The fourth-order valence-corrected chi connectivity index (χ4v) is 1.96. The van der Waals surface area contributed by atoms with Gasteiger partial charge in [-0.15, -0.1) is 5.10 Å². The number of aromatic nitrogens is 2. The number of hydrogen-bond donors (Lipinski definition) is 2. The van der Waals surface area contributed by atoms with Crippen molar-refractivity contribution in [2.45, 2.75) is 18.9 Å². The second kappa shape index (κ2) is 6.23. The first-order valence-corrected chi connectivity index (χ1v) is 6.41. The quantitative estimate of drug-likeness (QED) is 0.854. The van der Waals surface area contributed by atoms with E-state index in [0.717, 1.165) is 18.0 Å². The van der Waals surface area contributed by atoms with E-state index in [1.807, 2.05) is 30.3 Å². The fourth-order valence-electron chi connectivity index (χ4n) is 1.53. The Hall–Kier alpha value is -1.79. The van der Waals surface area contributed by atoms with Gasteiger partial charge < -0.3 is 11.1 Å². The van der Waals surface area contributed by atoms with E-state index in [9.17, 15) is 4.79 Å². The van der Waals surface area contributed by atoms with Gasteiger partial charge in [-0.05, 0) is 18.4 Å². The molecule has 0 aliphatic carbocycles. The number of hydrogen-bond acceptors (Lipinski definition) is 5. The molecule has 2 aromatic rings. The zero-order chi connectivity index (χ0) is 12.8. The summed E-state index contributed by atoms with van der Waals surface area (Å²) in [6.07, 6.45) is 2.91. The van der Waals surface area contributed by atoms with Gasteiger partial charge in [0, 0.05) is 11.5 Å². The molecule has 0 spiro atoms. The molecule has 0 aliphatic heterocycles. The van der Waals surface area contributed by atoms with E-state index < -0.39 is 6.04 Å². The van der Waals surface area contributed by atoms with Gasteiger partial charge in [-0.25, -0.2) is 0 Å². The topological polar surface area (TPSA) is 80.9 Å². The largest absolute Gasteiger partial charge is 0.320 e. The molecule has 1 aromatic heterocycles. The lowest BCUT2D eigenvalue weighted by Gasteiger charge is -2.10. The molecule has 0 radical (unpaired) electrons. The van der Waals surface area contributed by atoms with Gasteiger partial charge in [0.15, 0.2) is 0 Å². The molecular weight excluding hydrogens is 248 g/mol. The number of aryl methyl sites for hydroxylation is 1. The molecule has 0 aliphatic rings. The highest BCUT2D eigenvalue weighted by Crippen LogP contribution is 2.10. The highest BCUT2D eigenvalue weighted by Gasteiger charge is 2.14. The van der Waals surface area contributed by atoms with Gasteiger partial charge in [0.25, 0.3) is 0 Å². The highest BCUT2D eigenvalue weighted by molar-refractivity contribution is 7.10. The summed E-state index contributed by atoms with van der Waals surface area (Å²) in [5.41, 5.74) is 7.01. The Morgan fingerprint density at radius 1 is 1.39 bits per heavy atom. The van der Waals surface area contributed by atoms with E-state index in [-0.39, 0.29) is 5.91 Å². The fraction of sp³-hybridized carbons (Fsp3) is 0.250. The van der Waals surface area contributed by atoms with Crippen molar-refractivity contribution in [3.8, 4) is 0 Å². The van der Waals surface area contributed by atoms with E-state index in [2.05, 4.69) is 14.9 Å². The van der Waals surface area contributed by atoms with Gasteiger partial charge in [0.1, 0.15) is 5.00 Å². The summed E-state index contributed by atoms with van der Waals surface area (Å²) < 4.78 is 3.66. The number of carbonyl (C=O) groups is 1. The van der Waals surface area contributed by atoms with Gasteiger partial charge in [0.05, 0.1) is 12.2 Å². The summed E-state index contributed by atoms with van der Waals surface area (Å²) in [5, 5.41) is 6.95. The number of nitrogens with two attached hydrogens (primary N) is 1. The van der Waals surface area contributed by atoms with Crippen molar-refractivity contribution < 1.29 is 4.79 Å². The standard InChI is InChI=1S/C12H14N4OS/c13-10(7-6-9-4-2-1-3-5-9)12(17)15-11-8-14-16-18-11/h1-5,8,10H,6-7,13H2,(H,15,17). The molecule has 0 bridgehead atoms. The number of nitrogens with one attached hydrogen (secondary N) is 1. The number of benzene rings is 1. The Labute approximate surface area is 109 Å². The lowest BCUT2D eigenvalue weighted by atomic mass is 10.1. The number of amides is 1. The number of nitrogens with zero attached hydrogens (tertiary/aromatic N) is 2. The third-order valence-corrected chi connectivity index (χ3v) is 3.11. The molecule has 0 fully saturated rings. The average Bonchev–Trinajstić information content (AvgIpc) is 2.90. The van der Waals surface area contributed by atoms with Crippen LogP contribution < -0.4 is 11.1 Å². The predicted molar refractivity (Wildman–Crippen MR) is 71.3 cm³/mol. The van der Waals surface area contributed by atoms with Crippen LogP contribution in [-0.4, -0.2) is 21.5 Å². The second-order valence-electron chi connectivity index (χ2n) is 3.90. The molecule has 1 amide bonds. The monoisotopic (exact) mass is 262 g/mol. The van der Waals surface area contributed by atoms with E-state index in [0.29, 0.717) is 11.4 Å². The van der Waals surface area contributed by atoms with Crippen molar-refractivity contribution in [2.24, 2.45) is 5.73 Å². The molecule has 1 atom stereocenters. The third-order valence-electron chi connectivity index (χ3n) is 2.53. The van der Waals surface area contributed by atoms with Crippen molar-refractivity contribution in [3.63, 3.8) is 0 Å². The van der Waals surface area contributed by atoms with Crippen molar-refractivity contribution in [1.29, 1.82) is 0 Å². The smallest absolute Gasteiger partial charge is 0.241 e. The van der Waals surface area contributed by atoms with Crippen LogP contribution >= 0.6 is 11.5 Å². The normalized spacial score (nSPS) is 12.1. The first kappa shape index (κ1) is 12.7. The van der Waals surface area contributed by atoms with Crippen LogP contribution in [0, 0.1) is 0 Å². The molecule has 0 saturated heterocycles. The number of carbonyl (C=O) groups excluding carboxylic acids is 1. The zero-order valence-corrected chi connectivity index (χ0v) is 10.6. The first-order chi connectivity index (χ1) is 8.75. The van der Waals surface area contributed by atoms with E-state index in [4.69, 9.17) is 5.73 Å². The molecule has 1 aromatic carbocycles. The first-order valence-electron chi connectivity index (χ1n) is 5.63. The maximum absolute atomic E-state index is 11.7. The van der Waals surface area contributed by atoms with Crippen LogP contribution in [0.15, 0.2) is 36.5 Å². The van der Waals surface area contributed by atoms with Crippen LogP contribution in [0.4, 0.5) is 5.00 Å². The molecule has 0 saturated carbocycles. The molecule has 5 nitrogen and oxygen atoms in total. The van der Waals surface area contributed by atoms with Crippen molar-refractivity contribution >= 4 is 22.4 Å². The molecule has 3 N–H and O–H groups in total. The van der Waals surface area contributed by atoms with Crippen LogP contribution in [0.5, 0.6) is 0 Å². The minimum absolute atomic E-state index is 0.197. The highest BCUT2D eigenvalue weighted by atomic mass is 32.1. The molecule has 2 rings (SSSR count). The van der Waals surface area contributed by atoms with Crippen molar-refractivity contribution in [3.05, 3.63) is 42.1 Å². The molecule has 94 valence electrons. The Morgan fingerprint density at radius 3 is 2.83 bits per heavy atom. The maximum atomic E-state index is 11.7. The van der Waals surface area contributed by atoms with Gasteiger partial charge in [-0.3, -0.25) is 4.79 Å². The summed E-state index contributed by atoms with van der Waals surface area (Å²) in [4.78, 5) is 11.7. The predicted octanol–water partition coefficient (Wildman–Crippen LogP) is 1.44. The summed E-state index contributed by atoms with van der Waals surface area (Å²) >= 11 is 1.13. The Balaban J connectivity index is 1.81. The maximum Gasteiger partial charge on any atom is 0.241 e.